The van der Waals surface area contributed by atoms with Crippen molar-refractivity contribution in [3.63, 3.8) is 0 Å². The molecule has 0 bridgehead atoms. The number of alkyl halides is 3. The van der Waals surface area contributed by atoms with E-state index in [1.165, 1.54) is 0 Å². The summed E-state index contributed by atoms with van der Waals surface area (Å²) in [5.41, 5.74) is 1.40. The lowest BCUT2D eigenvalue weighted by atomic mass is 10.2. The molecule has 0 aromatic heterocycles. The van der Waals surface area contributed by atoms with Crippen molar-refractivity contribution in [1.82, 2.24) is 0 Å². The largest absolute Gasteiger partial charge is 0.389 e. The van der Waals surface area contributed by atoms with E-state index in [0.717, 1.165) is 10.0 Å². The average molecular weight is 310 g/mol. The second-order valence-corrected chi connectivity index (χ2v) is 4.48. The van der Waals surface area contributed by atoms with Crippen LogP contribution in [-0.4, -0.2) is 12.1 Å². The topological polar surface area (TPSA) is 29.1 Å². The first-order valence-corrected chi connectivity index (χ1v) is 5.70. The number of hydrogen-bond acceptors (Lipinski definition) is 1. The number of benzene rings is 1. The van der Waals surface area contributed by atoms with Crippen LogP contribution >= 0.6 is 15.9 Å². The van der Waals surface area contributed by atoms with Gasteiger partial charge in [-0.25, -0.2) is 0 Å². The first kappa shape index (κ1) is 14.0. The molecule has 1 aromatic rings. The molecule has 2 nitrogen and oxygen atoms in total. The molecule has 0 unspecified atom stereocenters. The Labute approximate surface area is 105 Å². The zero-order chi connectivity index (χ0) is 13.1. The molecule has 0 heterocycles. The Morgan fingerprint density at radius 2 is 2.06 bits per heavy atom. The molecule has 0 aliphatic rings. The first-order valence-electron chi connectivity index (χ1n) is 4.91. The van der Waals surface area contributed by atoms with E-state index in [4.69, 9.17) is 0 Å². The lowest BCUT2D eigenvalue weighted by Crippen LogP contribution is -2.16. The summed E-state index contributed by atoms with van der Waals surface area (Å²) in [5, 5.41) is 2.42. The summed E-state index contributed by atoms with van der Waals surface area (Å²) in [6.07, 6.45) is -5.96. The quantitative estimate of drug-likeness (QED) is 0.897. The Morgan fingerprint density at radius 1 is 1.41 bits per heavy atom. The van der Waals surface area contributed by atoms with Crippen LogP contribution in [0.1, 0.15) is 18.4 Å². The van der Waals surface area contributed by atoms with E-state index in [1.807, 2.05) is 6.92 Å². The van der Waals surface area contributed by atoms with E-state index in [2.05, 4.69) is 21.2 Å². The maximum Gasteiger partial charge on any atom is 0.389 e. The molecule has 1 rings (SSSR count). The predicted octanol–water partition coefficient (Wildman–Crippen LogP) is 4.04. The van der Waals surface area contributed by atoms with Crippen molar-refractivity contribution in [1.29, 1.82) is 0 Å². The van der Waals surface area contributed by atoms with Crippen molar-refractivity contribution in [2.24, 2.45) is 0 Å². The molecule has 0 fully saturated rings. The molecule has 0 radical (unpaired) electrons. The maximum atomic E-state index is 11.9. The highest BCUT2D eigenvalue weighted by atomic mass is 79.9. The average Bonchev–Trinajstić information content (AvgIpc) is 2.20. The lowest BCUT2D eigenvalue weighted by molar-refractivity contribution is -0.142. The van der Waals surface area contributed by atoms with Gasteiger partial charge in [0.1, 0.15) is 0 Å². The fourth-order valence-electron chi connectivity index (χ4n) is 1.20. The normalized spacial score (nSPS) is 11.4. The van der Waals surface area contributed by atoms with E-state index >= 15 is 0 Å². The number of carbonyl (C=O) groups is 1. The van der Waals surface area contributed by atoms with Crippen molar-refractivity contribution in [2.45, 2.75) is 25.9 Å². The van der Waals surface area contributed by atoms with Crippen molar-refractivity contribution >= 4 is 27.5 Å². The molecule has 0 aliphatic carbocycles. The fraction of sp³-hybridized carbons (Fsp3) is 0.364. The molecule has 0 saturated carbocycles. The van der Waals surface area contributed by atoms with Gasteiger partial charge in [0.2, 0.25) is 5.91 Å². The third-order valence-electron chi connectivity index (χ3n) is 2.08. The lowest BCUT2D eigenvalue weighted by Gasteiger charge is -2.08. The van der Waals surface area contributed by atoms with Crippen LogP contribution in [0.3, 0.4) is 0 Å². The van der Waals surface area contributed by atoms with E-state index in [-0.39, 0.29) is 0 Å². The van der Waals surface area contributed by atoms with Crippen LogP contribution in [0.2, 0.25) is 0 Å². The predicted molar refractivity (Wildman–Crippen MR) is 62.8 cm³/mol. The molecule has 1 N–H and O–H groups in total. The number of carbonyl (C=O) groups excluding carboxylic acids is 1. The molecule has 0 aliphatic heterocycles. The van der Waals surface area contributed by atoms with Gasteiger partial charge in [-0.05, 0) is 30.7 Å². The van der Waals surface area contributed by atoms with Gasteiger partial charge in [0.15, 0.2) is 0 Å². The van der Waals surface area contributed by atoms with Crippen LogP contribution in [0.5, 0.6) is 0 Å². The van der Waals surface area contributed by atoms with Crippen LogP contribution in [-0.2, 0) is 4.79 Å². The van der Waals surface area contributed by atoms with Crippen molar-refractivity contribution in [3.05, 3.63) is 28.2 Å². The summed E-state index contributed by atoms with van der Waals surface area (Å²) in [7, 11) is 0. The zero-order valence-corrected chi connectivity index (χ0v) is 10.7. The number of hydrogen-bond donors (Lipinski definition) is 1. The summed E-state index contributed by atoms with van der Waals surface area (Å²) >= 11 is 3.29. The Hall–Kier alpha value is -1.04. The second kappa shape index (κ2) is 5.53. The maximum absolute atomic E-state index is 11.9. The van der Waals surface area contributed by atoms with Gasteiger partial charge < -0.3 is 5.32 Å². The molecule has 0 spiro atoms. The van der Waals surface area contributed by atoms with Gasteiger partial charge in [-0.15, -0.1) is 0 Å². The van der Waals surface area contributed by atoms with Crippen LogP contribution < -0.4 is 5.32 Å². The van der Waals surface area contributed by atoms with E-state index in [0.29, 0.717) is 5.69 Å². The van der Waals surface area contributed by atoms with Crippen molar-refractivity contribution in [3.8, 4) is 0 Å². The van der Waals surface area contributed by atoms with Crippen LogP contribution in [0.4, 0.5) is 18.9 Å². The minimum Gasteiger partial charge on any atom is -0.326 e. The first-order chi connectivity index (χ1) is 7.78. The van der Waals surface area contributed by atoms with Gasteiger partial charge in [-0.3, -0.25) is 4.79 Å². The van der Waals surface area contributed by atoms with Gasteiger partial charge in [-0.1, -0.05) is 15.9 Å². The summed E-state index contributed by atoms with van der Waals surface area (Å²) in [6.45, 7) is 1.83. The number of halogens is 4. The van der Waals surface area contributed by atoms with E-state index in [9.17, 15) is 18.0 Å². The van der Waals surface area contributed by atoms with Gasteiger partial charge in [-0.2, -0.15) is 13.2 Å². The van der Waals surface area contributed by atoms with Crippen molar-refractivity contribution in [2.75, 3.05) is 5.32 Å². The Kier molecular flexibility index (Phi) is 4.56. The summed E-state index contributed by atoms with van der Waals surface area (Å²) < 4.78 is 36.5. The highest BCUT2D eigenvalue weighted by molar-refractivity contribution is 9.10. The van der Waals surface area contributed by atoms with E-state index < -0.39 is 24.9 Å². The van der Waals surface area contributed by atoms with Crippen LogP contribution in [0.15, 0.2) is 22.7 Å². The van der Waals surface area contributed by atoms with E-state index in [1.54, 1.807) is 18.2 Å². The SMILES string of the molecule is Cc1cc(NC(=O)CCC(F)(F)F)ccc1Br. The molecular formula is C11H11BrF3NO. The van der Waals surface area contributed by atoms with Gasteiger partial charge >= 0.3 is 6.18 Å². The monoisotopic (exact) mass is 309 g/mol. The molecule has 1 amide bonds. The molecule has 94 valence electrons. The molecule has 17 heavy (non-hydrogen) atoms. The smallest absolute Gasteiger partial charge is 0.326 e. The summed E-state index contributed by atoms with van der Waals surface area (Å²) in [6, 6.07) is 5.05. The summed E-state index contributed by atoms with van der Waals surface area (Å²) in [5.74, 6) is -0.635. The highest BCUT2D eigenvalue weighted by Crippen LogP contribution is 2.23. The third kappa shape index (κ3) is 5.21. The van der Waals surface area contributed by atoms with Crippen LogP contribution in [0.25, 0.3) is 0 Å². The zero-order valence-electron chi connectivity index (χ0n) is 9.07. The van der Waals surface area contributed by atoms with Crippen LogP contribution in [0, 0.1) is 6.92 Å². The molecule has 6 heteroatoms. The molecule has 0 atom stereocenters. The second-order valence-electron chi connectivity index (χ2n) is 3.63. The van der Waals surface area contributed by atoms with Gasteiger partial charge in [0.05, 0.1) is 6.42 Å². The Balaban J connectivity index is 2.54. The molecule has 0 saturated heterocycles. The number of aryl methyl sites for hydroxylation is 1. The fourth-order valence-corrected chi connectivity index (χ4v) is 1.45. The number of amides is 1. The Bertz CT molecular complexity index is 418. The minimum absolute atomic E-state index is 0.498. The molecular weight excluding hydrogens is 299 g/mol. The standard InChI is InChI=1S/C11H11BrF3NO/c1-7-6-8(2-3-9(7)12)16-10(17)4-5-11(13,14)15/h2-3,6H,4-5H2,1H3,(H,16,17). The number of anilines is 1. The van der Waals surface area contributed by atoms with Gasteiger partial charge in [0, 0.05) is 16.6 Å². The van der Waals surface area contributed by atoms with Gasteiger partial charge in [0.25, 0.3) is 0 Å². The third-order valence-corrected chi connectivity index (χ3v) is 2.97. The number of nitrogens with one attached hydrogen (secondary N) is 1. The van der Waals surface area contributed by atoms with Crippen molar-refractivity contribution < 1.29 is 18.0 Å². The number of rotatable bonds is 3. The highest BCUT2D eigenvalue weighted by Gasteiger charge is 2.27. The summed E-state index contributed by atoms with van der Waals surface area (Å²) in [4.78, 5) is 11.2. The Morgan fingerprint density at radius 3 is 2.59 bits per heavy atom. The minimum atomic E-state index is -4.30. The molecule has 1 aromatic carbocycles.